The maximum Gasteiger partial charge on any atom is 0.222 e. The molecule has 0 bridgehead atoms. The first-order chi connectivity index (χ1) is 8.47. The molecule has 2 atom stereocenters. The van der Waals surface area contributed by atoms with Gasteiger partial charge < -0.3 is 5.73 Å². The lowest BCUT2D eigenvalue weighted by atomic mass is 9.83. The van der Waals surface area contributed by atoms with E-state index in [0.717, 1.165) is 17.0 Å². The number of aromatic nitrogens is 3. The van der Waals surface area contributed by atoms with Gasteiger partial charge in [-0.3, -0.25) is 4.57 Å². The van der Waals surface area contributed by atoms with E-state index in [4.69, 9.17) is 5.73 Å². The Morgan fingerprint density at radius 2 is 1.78 bits per heavy atom. The van der Waals surface area contributed by atoms with Crippen molar-refractivity contribution in [3.05, 3.63) is 0 Å². The monoisotopic (exact) mass is 268 g/mol. The van der Waals surface area contributed by atoms with E-state index in [0.29, 0.717) is 17.2 Å². The quantitative estimate of drug-likeness (QED) is 0.913. The molecule has 0 spiro atoms. The highest BCUT2D eigenvalue weighted by Crippen LogP contribution is 2.38. The second-order valence-electron chi connectivity index (χ2n) is 5.96. The van der Waals surface area contributed by atoms with Crippen molar-refractivity contribution < 1.29 is 0 Å². The minimum atomic E-state index is 0.320. The van der Waals surface area contributed by atoms with E-state index < -0.39 is 0 Å². The smallest absolute Gasteiger partial charge is 0.222 e. The number of nitrogens with two attached hydrogens (primary N) is 1. The van der Waals surface area contributed by atoms with Crippen LogP contribution < -0.4 is 5.73 Å². The SMILES string of the molecule is CC1CC(C)CC(Sc2nnc(N)n2C(C)C)C1. The molecule has 1 aromatic heterocycles. The Hall–Kier alpha value is -0.710. The molecule has 2 unspecified atom stereocenters. The zero-order valence-corrected chi connectivity index (χ0v) is 12.6. The third kappa shape index (κ3) is 2.99. The summed E-state index contributed by atoms with van der Waals surface area (Å²) in [7, 11) is 0. The van der Waals surface area contributed by atoms with Crippen LogP contribution in [0.5, 0.6) is 0 Å². The number of thioether (sulfide) groups is 1. The number of rotatable bonds is 3. The summed E-state index contributed by atoms with van der Waals surface area (Å²) in [5.41, 5.74) is 5.88. The fourth-order valence-corrected chi connectivity index (χ4v) is 4.63. The molecule has 0 aliphatic heterocycles. The molecule has 1 saturated carbocycles. The topological polar surface area (TPSA) is 56.7 Å². The molecular formula is C13H24N4S. The van der Waals surface area contributed by atoms with E-state index in [2.05, 4.69) is 37.9 Å². The lowest BCUT2D eigenvalue weighted by molar-refractivity contribution is 0.308. The largest absolute Gasteiger partial charge is 0.368 e. The summed E-state index contributed by atoms with van der Waals surface area (Å²) in [5, 5.41) is 9.88. The van der Waals surface area contributed by atoms with Crippen molar-refractivity contribution in [1.82, 2.24) is 14.8 Å². The molecule has 1 aromatic rings. The molecule has 5 heteroatoms. The fraction of sp³-hybridized carbons (Fsp3) is 0.846. The molecule has 1 aliphatic rings. The van der Waals surface area contributed by atoms with Gasteiger partial charge >= 0.3 is 0 Å². The van der Waals surface area contributed by atoms with Gasteiger partial charge in [0.1, 0.15) is 0 Å². The van der Waals surface area contributed by atoms with Crippen LogP contribution in [0, 0.1) is 11.8 Å². The molecule has 1 heterocycles. The van der Waals surface area contributed by atoms with Crippen LogP contribution >= 0.6 is 11.8 Å². The van der Waals surface area contributed by atoms with Gasteiger partial charge in [0.25, 0.3) is 0 Å². The molecule has 1 fully saturated rings. The Kier molecular flexibility index (Phi) is 4.20. The normalized spacial score (nSPS) is 28.8. The van der Waals surface area contributed by atoms with Crippen molar-refractivity contribution in [3.63, 3.8) is 0 Å². The maximum atomic E-state index is 5.88. The number of hydrogen-bond donors (Lipinski definition) is 1. The summed E-state index contributed by atoms with van der Waals surface area (Å²) < 4.78 is 2.04. The summed E-state index contributed by atoms with van der Waals surface area (Å²) in [6.45, 7) is 8.95. The van der Waals surface area contributed by atoms with Crippen LogP contribution in [0.3, 0.4) is 0 Å². The number of hydrogen-bond acceptors (Lipinski definition) is 4. The molecule has 2 N–H and O–H groups in total. The van der Waals surface area contributed by atoms with Gasteiger partial charge in [-0.15, -0.1) is 10.2 Å². The first-order valence-corrected chi connectivity index (χ1v) is 7.72. The van der Waals surface area contributed by atoms with Crippen LogP contribution in [0.4, 0.5) is 5.95 Å². The van der Waals surface area contributed by atoms with Crippen LogP contribution in [0.25, 0.3) is 0 Å². The summed E-state index contributed by atoms with van der Waals surface area (Å²) in [6, 6.07) is 0.320. The molecule has 0 aromatic carbocycles. The Morgan fingerprint density at radius 1 is 1.17 bits per heavy atom. The Bertz CT molecular complexity index is 392. The highest BCUT2D eigenvalue weighted by molar-refractivity contribution is 7.99. The van der Waals surface area contributed by atoms with Gasteiger partial charge in [-0.25, -0.2) is 0 Å². The fourth-order valence-electron chi connectivity index (χ4n) is 2.97. The second kappa shape index (κ2) is 5.51. The average Bonchev–Trinajstić information content (AvgIpc) is 2.57. The summed E-state index contributed by atoms with van der Waals surface area (Å²) in [6.07, 6.45) is 3.91. The molecule has 0 saturated heterocycles. The molecular weight excluding hydrogens is 244 g/mol. The summed E-state index contributed by atoms with van der Waals surface area (Å²) >= 11 is 1.86. The van der Waals surface area contributed by atoms with Crippen molar-refractivity contribution in [2.24, 2.45) is 11.8 Å². The van der Waals surface area contributed by atoms with Crippen LogP contribution in [0.1, 0.15) is 53.0 Å². The van der Waals surface area contributed by atoms with E-state index in [-0.39, 0.29) is 0 Å². The lowest BCUT2D eigenvalue weighted by Crippen LogP contribution is -2.22. The first kappa shape index (κ1) is 13.7. The molecule has 102 valence electrons. The van der Waals surface area contributed by atoms with Crippen molar-refractivity contribution in [1.29, 1.82) is 0 Å². The van der Waals surface area contributed by atoms with Crippen molar-refractivity contribution in [2.45, 2.75) is 63.4 Å². The molecule has 18 heavy (non-hydrogen) atoms. The predicted octanol–water partition coefficient (Wildman–Crippen LogP) is 3.36. The van der Waals surface area contributed by atoms with Gasteiger partial charge in [0.05, 0.1) is 0 Å². The predicted molar refractivity (Wildman–Crippen MR) is 76.6 cm³/mol. The third-order valence-electron chi connectivity index (χ3n) is 3.61. The van der Waals surface area contributed by atoms with E-state index in [1.807, 2.05) is 16.3 Å². The zero-order chi connectivity index (χ0) is 13.3. The summed E-state index contributed by atoms with van der Waals surface area (Å²) in [4.78, 5) is 0. The van der Waals surface area contributed by atoms with E-state index >= 15 is 0 Å². The van der Waals surface area contributed by atoms with Gasteiger partial charge in [0.2, 0.25) is 5.95 Å². The van der Waals surface area contributed by atoms with Crippen molar-refractivity contribution in [3.8, 4) is 0 Å². The molecule has 2 rings (SSSR count). The van der Waals surface area contributed by atoms with E-state index in [1.54, 1.807) is 0 Å². The van der Waals surface area contributed by atoms with Crippen molar-refractivity contribution >= 4 is 17.7 Å². The molecule has 4 nitrogen and oxygen atoms in total. The first-order valence-electron chi connectivity index (χ1n) is 6.84. The van der Waals surface area contributed by atoms with Gasteiger partial charge in [0.15, 0.2) is 5.16 Å². The average molecular weight is 268 g/mol. The van der Waals surface area contributed by atoms with Gasteiger partial charge in [-0.05, 0) is 44.9 Å². The minimum Gasteiger partial charge on any atom is -0.368 e. The van der Waals surface area contributed by atoms with Crippen molar-refractivity contribution in [2.75, 3.05) is 5.73 Å². The zero-order valence-electron chi connectivity index (χ0n) is 11.8. The standard InChI is InChI=1S/C13H24N4S/c1-8(2)17-12(14)15-16-13(17)18-11-6-9(3)5-10(4)7-11/h8-11H,5-7H2,1-4H3,(H2,14,15). The van der Waals surface area contributed by atoms with Crippen LogP contribution in [0.2, 0.25) is 0 Å². The Morgan fingerprint density at radius 3 is 2.33 bits per heavy atom. The van der Waals surface area contributed by atoms with Gasteiger partial charge in [-0.1, -0.05) is 25.6 Å². The molecule has 0 radical (unpaired) electrons. The highest BCUT2D eigenvalue weighted by Gasteiger charge is 2.26. The number of anilines is 1. The number of nitrogens with zero attached hydrogens (tertiary/aromatic N) is 3. The minimum absolute atomic E-state index is 0.320. The highest BCUT2D eigenvalue weighted by atomic mass is 32.2. The van der Waals surface area contributed by atoms with Gasteiger partial charge in [-0.2, -0.15) is 0 Å². The molecule has 1 aliphatic carbocycles. The lowest BCUT2D eigenvalue weighted by Gasteiger charge is -2.30. The Balaban J connectivity index is 2.09. The van der Waals surface area contributed by atoms with Gasteiger partial charge in [0, 0.05) is 11.3 Å². The Labute approximate surface area is 114 Å². The third-order valence-corrected chi connectivity index (χ3v) is 4.82. The maximum absolute atomic E-state index is 5.88. The molecule has 0 amide bonds. The van der Waals surface area contributed by atoms with Crippen LogP contribution in [-0.4, -0.2) is 20.0 Å². The number of nitrogen functional groups attached to an aromatic ring is 1. The summed E-state index contributed by atoms with van der Waals surface area (Å²) in [5.74, 6) is 2.17. The van der Waals surface area contributed by atoms with E-state index in [9.17, 15) is 0 Å². The second-order valence-corrected chi connectivity index (χ2v) is 7.23. The van der Waals surface area contributed by atoms with E-state index in [1.165, 1.54) is 19.3 Å². The van der Waals surface area contributed by atoms with Crippen LogP contribution in [-0.2, 0) is 0 Å². The van der Waals surface area contributed by atoms with Crippen LogP contribution in [0.15, 0.2) is 5.16 Å².